The summed E-state index contributed by atoms with van der Waals surface area (Å²) in [5.74, 6) is 0.895. The summed E-state index contributed by atoms with van der Waals surface area (Å²) in [6.45, 7) is 2.49. The Morgan fingerprint density at radius 3 is 2.42 bits per heavy atom. The molecule has 0 radical (unpaired) electrons. The van der Waals surface area contributed by atoms with Crippen LogP contribution in [0.15, 0.2) is 54.6 Å². The second-order valence-electron chi connectivity index (χ2n) is 5.33. The lowest BCUT2D eigenvalue weighted by Crippen LogP contribution is -2.06. The standard InChI is InChI=1S/C18H16ClFN4/c1-12-10-17(23-16-8-6-15(20)7-9-16)24-18(22-12)21-11-13-2-4-14(19)5-3-13/h2-10H,11H2,1H3,(H2,21,22,23,24). The van der Waals surface area contributed by atoms with E-state index >= 15 is 0 Å². The van der Waals surface area contributed by atoms with Crippen LogP contribution in [0.5, 0.6) is 0 Å². The van der Waals surface area contributed by atoms with Crippen LogP contribution in [0, 0.1) is 12.7 Å². The number of benzene rings is 2. The molecule has 0 aliphatic carbocycles. The molecule has 2 N–H and O–H groups in total. The highest BCUT2D eigenvalue weighted by atomic mass is 35.5. The highest BCUT2D eigenvalue weighted by Crippen LogP contribution is 2.18. The molecule has 0 saturated heterocycles. The molecule has 0 aliphatic heterocycles. The summed E-state index contributed by atoms with van der Waals surface area (Å²) in [6, 6.07) is 15.5. The van der Waals surface area contributed by atoms with E-state index in [2.05, 4.69) is 20.6 Å². The number of hydrogen-bond acceptors (Lipinski definition) is 4. The van der Waals surface area contributed by atoms with E-state index in [0.29, 0.717) is 23.3 Å². The Balaban J connectivity index is 1.71. The van der Waals surface area contributed by atoms with Gasteiger partial charge in [-0.25, -0.2) is 9.37 Å². The summed E-state index contributed by atoms with van der Waals surface area (Å²) in [5.41, 5.74) is 2.67. The zero-order valence-corrected chi connectivity index (χ0v) is 13.8. The lowest BCUT2D eigenvalue weighted by Gasteiger charge is -2.10. The molecule has 24 heavy (non-hydrogen) atoms. The minimum Gasteiger partial charge on any atom is -0.350 e. The average molecular weight is 343 g/mol. The average Bonchev–Trinajstić information content (AvgIpc) is 2.56. The van der Waals surface area contributed by atoms with Gasteiger partial charge in [0, 0.05) is 29.0 Å². The molecule has 0 fully saturated rings. The molecule has 0 atom stereocenters. The van der Waals surface area contributed by atoms with E-state index in [0.717, 1.165) is 16.9 Å². The van der Waals surface area contributed by atoms with Gasteiger partial charge in [-0.3, -0.25) is 0 Å². The number of nitrogens with one attached hydrogen (secondary N) is 2. The lowest BCUT2D eigenvalue weighted by atomic mass is 10.2. The Morgan fingerprint density at radius 2 is 1.71 bits per heavy atom. The van der Waals surface area contributed by atoms with Gasteiger partial charge < -0.3 is 10.6 Å². The SMILES string of the molecule is Cc1cc(Nc2ccc(F)cc2)nc(NCc2ccc(Cl)cc2)n1. The summed E-state index contributed by atoms with van der Waals surface area (Å²) < 4.78 is 13.0. The van der Waals surface area contributed by atoms with Crippen molar-refractivity contribution in [2.75, 3.05) is 10.6 Å². The van der Waals surface area contributed by atoms with Crippen LogP contribution < -0.4 is 10.6 Å². The second kappa shape index (κ2) is 7.27. The number of nitrogens with zero attached hydrogens (tertiary/aromatic N) is 2. The number of aryl methyl sites for hydroxylation is 1. The normalized spacial score (nSPS) is 10.5. The number of aromatic nitrogens is 2. The van der Waals surface area contributed by atoms with Crippen molar-refractivity contribution in [3.63, 3.8) is 0 Å². The van der Waals surface area contributed by atoms with Gasteiger partial charge in [-0.2, -0.15) is 4.98 Å². The van der Waals surface area contributed by atoms with Gasteiger partial charge in [0.05, 0.1) is 0 Å². The van der Waals surface area contributed by atoms with Gasteiger partial charge >= 0.3 is 0 Å². The van der Waals surface area contributed by atoms with Crippen molar-refractivity contribution in [1.29, 1.82) is 0 Å². The van der Waals surface area contributed by atoms with E-state index in [1.807, 2.05) is 37.3 Å². The third-order valence-electron chi connectivity index (χ3n) is 3.33. The monoisotopic (exact) mass is 342 g/mol. The van der Waals surface area contributed by atoms with E-state index in [-0.39, 0.29) is 5.82 Å². The maximum Gasteiger partial charge on any atom is 0.225 e. The number of hydrogen-bond donors (Lipinski definition) is 2. The van der Waals surface area contributed by atoms with E-state index < -0.39 is 0 Å². The molecule has 0 bridgehead atoms. The van der Waals surface area contributed by atoms with Crippen LogP contribution in [0.3, 0.4) is 0 Å². The van der Waals surface area contributed by atoms with E-state index in [1.54, 1.807) is 12.1 Å². The van der Waals surface area contributed by atoms with Gasteiger partial charge in [0.1, 0.15) is 11.6 Å². The minimum atomic E-state index is -0.273. The van der Waals surface area contributed by atoms with Gasteiger partial charge in [-0.15, -0.1) is 0 Å². The number of rotatable bonds is 5. The lowest BCUT2D eigenvalue weighted by molar-refractivity contribution is 0.628. The fraction of sp³-hybridized carbons (Fsp3) is 0.111. The van der Waals surface area contributed by atoms with E-state index in [9.17, 15) is 4.39 Å². The van der Waals surface area contributed by atoms with Crippen molar-refractivity contribution in [2.45, 2.75) is 13.5 Å². The first-order chi connectivity index (χ1) is 11.6. The summed E-state index contributed by atoms with van der Waals surface area (Å²) in [6.07, 6.45) is 0. The maximum atomic E-state index is 13.0. The number of halogens is 2. The van der Waals surface area contributed by atoms with Crippen LogP contribution in [-0.2, 0) is 6.54 Å². The van der Waals surface area contributed by atoms with Crippen LogP contribution in [0.4, 0.5) is 21.8 Å². The molecule has 4 nitrogen and oxygen atoms in total. The van der Waals surface area contributed by atoms with Crippen LogP contribution >= 0.6 is 11.6 Å². The van der Waals surface area contributed by atoms with Gasteiger partial charge in [0.25, 0.3) is 0 Å². The quantitative estimate of drug-likeness (QED) is 0.690. The highest BCUT2D eigenvalue weighted by Gasteiger charge is 2.03. The molecular formula is C18H16ClFN4. The Morgan fingerprint density at radius 1 is 1.00 bits per heavy atom. The topological polar surface area (TPSA) is 49.8 Å². The first-order valence-corrected chi connectivity index (χ1v) is 7.83. The van der Waals surface area contributed by atoms with E-state index in [1.165, 1.54) is 12.1 Å². The molecule has 3 aromatic rings. The smallest absolute Gasteiger partial charge is 0.225 e. The fourth-order valence-electron chi connectivity index (χ4n) is 2.18. The molecule has 0 saturated carbocycles. The molecule has 1 aromatic heterocycles. The molecular weight excluding hydrogens is 327 g/mol. The van der Waals surface area contributed by atoms with Crippen molar-refractivity contribution >= 4 is 29.1 Å². The van der Waals surface area contributed by atoms with Gasteiger partial charge in [0.15, 0.2) is 0 Å². The molecule has 3 rings (SSSR count). The third kappa shape index (κ3) is 4.43. The van der Waals surface area contributed by atoms with Crippen LogP contribution in [0.1, 0.15) is 11.3 Å². The second-order valence-corrected chi connectivity index (χ2v) is 5.77. The minimum absolute atomic E-state index is 0.273. The Hall–Kier alpha value is -2.66. The highest BCUT2D eigenvalue weighted by molar-refractivity contribution is 6.30. The van der Waals surface area contributed by atoms with Crippen molar-refractivity contribution in [1.82, 2.24) is 9.97 Å². The molecule has 0 spiro atoms. The fourth-order valence-corrected chi connectivity index (χ4v) is 2.30. The Bertz CT molecular complexity index is 819. The van der Waals surface area contributed by atoms with Crippen LogP contribution in [0.2, 0.25) is 5.02 Å². The Labute approximate surface area is 144 Å². The van der Waals surface area contributed by atoms with Crippen molar-refractivity contribution in [3.8, 4) is 0 Å². The summed E-state index contributed by atoms with van der Waals surface area (Å²) >= 11 is 5.88. The zero-order chi connectivity index (χ0) is 16.9. The summed E-state index contributed by atoms with van der Waals surface area (Å²) in [7, 11) is 0. The number of anilines is 3. The van der Waals surface area contributed by atoms with Gasteiger partial charge in [-0.05, 0) is 48.9 Å². The molecule has 0 amide bonds. The zero-order valence-electron chi connectivity index (χ0n) is 13.1. The summed E-state index contributed by atoms with van der Waals surface area (Å²) in [4.78, 5) is 8.80. The molecule has 122 valence electrons. The largest absolute Gasteiger partial charge is 0.350 e. The van der Waals surface area contributed by atoms with Crippen molar-refractivity contribution < 1.29 is 4.39 Å². The van der Waals surface area contributed by atoms with Crippen LogP contribution in [-0.4, -0.2) is 9.97 Å². The molecule has 0 aliphatic rings. The van der Waals surface area contributed by atoms with Gasteiger partial charge in [0.2, 0.25) is 5.95 Å². The molecule has 1 heterocycles. The molecule has 6 heteroatoms. The Kier molecular flexibility index (Phi) is 4.91. The first kappa shape index (κ1) is 16.2. The predicted molar refractivity (Wildman–Crippen MR) is 95.2 cm³/mol. The molecule has 2 aromatic carbocycles. The van der Waals surface area contributed by atoms with E-state index in [4.69, 9.17) is 11.6 Å². The van der Waals surface area contributed by atoms with Gasteiger partial charge in [-0.1, -0.05) is 23.7 Å². The molecule has 0 unspecified atom stereocenters. The first-order valence-electron chi connectivity index (χ1n) is 7.45. The van der Waals surface area contributed by atoms with Crippen molar-refractivity contribution in [2.24, 2.45) is 0 Å². The summed E-state index contributed by atoms with van der Waals surface area (Å²) in [5, 5.41) is 7.04. The predicted octanol–water partition coefficient (Wildman–Crippen LogP) is 4.93. The third-order valence-corrected chi connectivity index (χ3v) is 3.59. The maximum absolute atomic E-state index is 13.0. The van der Waals surface area contributed by atoms with Crippen LogP contribution in [0.25, 0.3) is 0 Å². The van der Waals surface area contributed by atoms with Crippen molar-refractivity contribution in [3.05, 3.63) is 76.7 Å².